The molecule has 0 radical (unpaired) electrons. The lowest BCUT2D eigenvalue weighted by Gasteiger charge is -2.31. The van der Waals surface area contributed by atoms with Crippen LogP contribution in [0.2, 0.25) is 6.04 Å². The molecule has 0 atom stereocenters. The molecule has 1 heterocycles. The Balaban J connectivity index is 2.05. The van der Waals surface area contributed by atoms with Crippen molar-refractivity contribution in [3.8, 4) is 0 Å². The number of hydrogen-bond acceptors (Lipinski definition) is 3. The van der Waals surface area contributed by atoms with Crippen LogP contribution in [0.4, 0.5) is 0 Å². The van der Waals surface area contributed by atoms with Gasteiger partial charge in [-0.15, -0.1) is 0 Å². The highest BCUT2D eigenvalue weighted by molar-refractivity contribution is 6.65. The monoisotopic (exact) mass is 287 g/mol. The average molecular weight is 288 g/mol. The van der Waals surface area contributed by atoms with Gasteiger partial charge in [-0.3, -0.25) is 4.57 Å². The van der Waals surface area contributed by atoms with Crippen LogP contribution in [0, 0.1) is 0 Å². The lowest BCUT2D eigenvalue weighted by Crippen LogP contribution is -2.53. The first-order valence-electron chi connectivity index (χ1n) is 8.14. The van der Waals surface area contributed by atoms with Gasteiger partial charge in [-0.25, -0.2) is 0 Å². The maximum Gasteiger partial charge on any atom is 0.427 e. The van der Waals surface area contributed by atoms with E-state index in [2.05, 4.69) is 11.5 Å². The summed E-state index contributed by atoms with van der Waals surface area (Å²) < 4.78 is 14.0. The summed E-state index contributed by atoms with van der Waals surface area (Å²) in [4.78, 5) is 0. The van der Waals surface area contributed by atoms with E-state index in [9.17, 15) is 0 Å². The van der Waals surface area contributed by atoms with Crippen LogP contribution in [0.3, 0.4) is 0 Å². The molecule has 0 aromatic heterocycles. The molecule has 1 rings (SSSR count). The normalized spacial score (nSPS) is 19.1. The number of rotatable bonds is 11. The van der Waals surface area contributed by atoms with Gasteiger partial charge < -0.3 is 8.85 Å². The molecule has 0 aromatic carbocycles. The summed E-state index contributed by atoms with van der Waals surface area (Å²) >= 11 is 0. The molecular weight excluding hydrogens is 254 g/mol. The largest absolute Gasteiger partial charge is 0.427 e. The minimum atomic E-state index is -1.96. The molecule has 4 heteroatoms. The fraction of sp³-hybridized carbons (Fsp3) is 1.00. The van der Waals surface area contributed by atoms with Crippen molar-refractivity contribution in [3.63, 3.8) is 0 Å². The molecular formula is C15H33NO2Si. The van der Waals surface area contributed by atoms with Crippen molar-refractivity contribution < 1.29 is 8.85 Å². The van der Waals surface area contributed by atoms with E-state index in [-0.39, 0.29) is 0 Å². The van der Waals surface area contributed by atoms with Crippen LogP contribution < -0.4 is 0 Å². The second kappa shape index (κ2) is 9.92. The van der Waals surface area contributed by atoms with Crippen LogP contribution in [0.25, 0.3) is 0 Å². The molecule has 19 heavy (non-hydrogen) atoms. The molecule has 0 amide bonds. The first kappa shape index (κ1) is 17.1. The molecule has 0 saturated carbocycles. The van der Waals surface area contributed by atoms with E-state index in [1.165, 1.54) is 70.9 Å². The Morgan fingerprint density at radius 3 is 2.05 bits per heavy atom. The van der Waals surface area contributed by atoms with Crippen molar-refractivity contribution in [3.05, 3.63) is 0 Å². The summed E-state index contributed by atoms with van der Waals surface area (Å²) in [7, 11) is 1.68. The van der Waals surface area contributed by atoms with E-state index in [0.29, 0.717) is 0 Å². The minimum absolute atomic E-state index is 1.14. The van der Waals surface area contributed by atoms with Gasteiger partial charge in [-0.1, -0.05) is 51.9 Å². The fourth-order valence-electron chi connectivity index (χ4n) is 3.09. The molecule has 0 aliphatic carbocycles. The Morgan fingerprint density at radius 2 is 1.47 bits per heavy atom. The molecule has 0 spiro atoms. The Kier molecular flexibility index (Phi) is 8.95. The Labute approximate surface area is 121 Å². The lowest BCUT2D eigenvalue weighted by molar-refractivity contribution is 0.181. The second-order valence-corrected chi connectivity index (χ2v) is 9.06. The van der Waals surface area contributed by atoms with Crippen LogP contribution >= 0.6 is 0 Å². The van der Waals surface area contributed by atoms with Crippen LogP contribution in [0.15, 0.2) is 0 Å². The SMILES string of the molecule is CCCCCCCCCCN1CCC[Si]1(OC)OC. The molecule has 1 aliphatic heterocycles. The molecule has 0 aromatic rings. The predicted molar refractivity (Wildman–Crippen MR) is 83.4 cm³/mol. The Hall–Kier alpha value is 0.0969. The summed E-state index contributed by atoms with van der Waals surface area (Å²) in [6.07, 6.45) is 12.3. The second-order valence-electron chi connectivity index (χ2n) is 5.69. The molecule has 1 aliphatic rings. The summed E-state index contributed by atoms with van der Waals surface area (Å²) in [5.74, 6) is 0. The number of unbranched alkanes of at least 4 members (excludes halogenated alkanes) is 7. The molecule has 1 saturated heterocycles. The quantitative estimate of drug-likeness (QED) is 0.422. The van der Waals surface area contributed by atoms with Crippen molar-refractivity contribution >= 4 is 8.72 Å². The molecule has 1 fully saturated rings. The van der Waals surface area contributed by atoms with E-state index >= 15 is 0 Å². The Bertz CT molecular complexity index is 222. The first-order chi connectivity index (χ1) is 9.29. The highest BCUT2D eigenvalue weighted by Gasteiger charge is 2.46. The van der Waals surface area contributed by atoms with E-state index < -0.39 is 8.72 Å². The predicted octanol–water partition coefficient (Wildman–Crippen LogP) is 4.06. The maximum absolute atomic E-state index is 5.73. The van der Waals surface area contributed by atoms with Gasteiger partial charge in [0.25, 0.3) is 0 Å². The highest BCUT2D eigenvalue weighted by atomic mass is 28.4. The molecule has 0 bridgehead atoms. The highest BCUT2D eigenvalue weighted by Crippen LogP contribution is 2.27. The number of hydrogen-bond donors (Lipinski definition) is 0. The van der Waals surface area contributed by atoms with Gasteiger partial charge >= 0.3 is 8.72 Å². The van der Waals surface area contributed by atoms with E-state index in [1.54, 1.807) is 0 Å². The maximum atomic E-state index is 5.73. The minimum Gasteiger partial charge on any atom is -0.386 e. The first-order valence-corrected chi connectivity index (χ1v) is 10.1. The lowest BCUT2D eigenvalue weighted by atomic mass is 10.1. The molecule has 114 valence electrons. The third-order valence-corrected chi connectivity index (χ3v) is 7.99. The van der Waals surface area contributed by atoms with Gasteiger partial charge in [-0.05, 0) is 25.9 Å². The van der Waals surface area contributed by atoms with Crippen molar-refractivity contribution in [1.29, 1.82) is 0 Å². The van der Waals surface area contributed by atoms with Crippen LogP contribution in [-0.2, 0) is 8.85 Å². The third-order valence-electron chi connectivity index (χ3n) is 4.32. The summed E-state index contributed by atoms with van der Waals surface area (Å²) in [6, 6.07) is 1.14. The van der Waals surface area contributed by atoms with Gasteiger partial charge in [0.05, 0.1) is 0 Å². The molecule has 3 nitrogen and oxygen atoms in total. The zero-order valence-corrected chi connectivity index (χ0v) is 14.2. The van der Waals surface area contributed by atoms with Crippen molar-refractivity contribution in [2.45, 2.75) is 70.8 Å². The van der Waals surface area contributed by atoms with E-state index in [4.69, 9.17) is 8.85 Å². The summed E-state index contributed by atoms with van der Waals surface area (Å²) in [6.45, 7) is 4.62. The van der Waals surface area contributed by atoms with Crippen LogP contribution in [0.1, 0.15) is 64.7 Å². The Morgan fingerprint density at radius 1 is 0.895 bits per heavy atom. The fourth-order valence-corrected chi connectivity index (χ4v) is 6.10. The van der Waals surface area contributed by atoms with Crippen molar-refractivity contribution in [1.82, 2.24) is 4.57 Å². The standard InChI is InChI=1S/C15H33NO2Si/c1-4-5-6-7-8-9-10-11-13-16-14-12-15-19(16,17-2)18-3/h4-15H2,1-3H3. The third kappa shape index (κ3) is 5.54. The van der Waals surface area contributed by atoms with Crippen molar-refractivity contribution in [2.75, 3.05) is 27.3 Å². The van der Waals surface area contributed by atoms with Crippen LogP contribution in [0.5, 0.6) is 0 Å². The topological polar surface area (TPSA) is 21.7 Å². The molecule has 0 unspecified atom stereocenters. The van der Waals surface area contributed by atoms with E-state index in [1.807, 2.05) is 14.2 Å². The van der Waals surface area contributed by atoms with Gasteiger partial charge in [-0.2, -0.15) is 0 Å². The van der Waals surface area contributed by atoms with Crippen LogP contribution in [-0.4, -0.2) is 40.6 Å². The summed E-state index contributed by atoms with van der Waals surface area (Å²) in [5, 5.41) is 0. The van der Waals surface area contributed by atoms with Gasteiger partial charge in [0.2, 0.25) is 0 Å². The average Bonchev–Trinajstić information content (AvgIpc) is 2.85. The van der Waals surface area contributed by atoms with Crippen molar-refractivity contribution in [2.24, 2.45) is 0 Å². The summed E-state index contributed by atoms with van der Waals surface area (Å²) in [5.41, 5.74) is 0. The van der Waals surface area contributed by atoms with E-state index in [0.717, 1.165) is 6.04 Å². The zero-order valence-electron chi connectivity index (χ0n) is 13.2. The zero-order chi connectivity index (χ0) is 14.0. The van der Waals surface area contributed by atoms with Gasteiger partial charge in [0.15, 0.2) is 0 Å². The smallest absolute Gasteiger partial charge is 0.386 e. The number of nitrogens with zero attached hydrogens (tertiary/aromatic N) is 1. The van der Waals surface area contributed by atoms with Gasteiger partial charge in [0.1, 0.15) is 0 Å². The molecule has 0 N–H and O–H groups in total. The van der Waals surface area contributed by atoms with Gasteiger partial charge in [0, 0.05) is 20.3 Å².